The van der Waals surface area contributed by atoms with E-state index in [4.69, 9.17) is 4.74 Å². The van der Waals surface area contributed by atoms with Crippen molar-refractivity contribution in [2.24, 2.45) is 0 Å². The average molecular weight is 346 g/mol. The first-order valence-electron chi connectivity index (χ1n) is 8.44. The van der Waals surface area contributed by atoms with Gasteiger partial charge in [-0.3, -0.25) is 4.79 Å². The maximum absolute atomic E-state index is 11.5. The zero-order chi connectivity index (χ0) is 17.9. The van der Waals surface area contributed by atoms with Crippen molar-refractivity contribution in [2.75, 3.05) is 10.6 Å². The lowest BCUT2D eigenvalue weighted by atomic mass is 10.0. The quantitative estimate of drug-likeness (QED) is 0.740. The van der Waals surface area contributed by atoms with Gasteiger partial charge in [0.2, 0.25) is 17.7 Å². The van der Waals surface area contributed by atoms with Gasteiger partial charge >= 0.3 is 0 Å². The summed E-state index contributed by atoms with van der Waals surface area (Å²) in [5, 5.41) is 6.08. The minimum Gasteiger partial charge on any atom is -0.439 e. The lowest BCUT2D eigenvalue weighted by Gasteiger charge is -2.18. The summed E-state index contributed by atoms with van der Waals surface area (Å²) in [6.45, 7) is 1.91. The van der Waals surface area contributed by atoms with Crippen LogP contribution in [0.25, 0.3) is 0 Å². The second-order valence-corrected chi connectivity index (χ2v) is 6.14. The van der Waals surface area contributed by atoms with E-state index in [1.807, 2.05) is 55.5 Å². The van der Waals surface area contributed by atoms with Crippen LogP contribution in [0.3, 0.4) is 0 Å². The van der Waals surface area contributed by atoms with Crippen molar-refractivity contribution in [3.05, 3.63) is 65.9 Å². The fourth-order valence-corrected chi connectivity index (χ4v) is 2.78. The van der Waals surface area contributed by atoms with Crippen molar-refractivity contribution >= 4 is 23.2 Å². The molecule has 0 aliphatic carbocycles. The summed E-state index contributed by atoms with van der Waals surface area (Å²) in [5.74, 6) is 1.76. The summed E-state index contributed by atoms with van der Waals surface area (Å²) in [6, 6.07) is 15.3. The molecular weight excluding hydrogens is 328 g/mol. The zero-order valence-corrected chi connectivity index (χ0v) is 14.3. The summed E-state index contributed by atoms with van der Waals surface area (Å²) in [7, 11) is 0. The number of hydrogen-bond donors (Lipinski definition) is 2. The largest absolute Gasteiger partial charge is 0.439 e. The van der Waals surface area contributed by atoms with Gasteiger partial charge in [0, 0.05) is 29.6 Å². The van der Waals surface area contributed by atoms with E-state index >= 15 is 0 Å². The highest BCUT2D eigenvalue weighted by Crippen LogP contribution is 2.28. The molecule has 1 aromatic heterocycles. The van der Waals surface area contributed by atoms with Gasteiger partial charge in [0.25, 0.3) is 0 Å². The van der Waals surface area contributed by atoms with Gasteiger partial charge in [0.15, 0.2) is 0 Å². The molecule has 6 nitrogen and oxygen atoms in total. The summed E-state index contributed by atoms with van der Waals surface area (Å²) in [5.41, 5.74) is 3.69. The number of fused-ring (bicyclic) bond motifs is 1. The second kappa shape index (κ2) is 6.84. The molecule has 0 bridgehead atoms. The predicted molar refractivity (Wildman–Crippen MR) is 100.0 cm³/mol. The van der Waals surface area contributed by atoms with Crippen LogP contribution in [0.2, 0.25) is 0 Å². The second-order valence-electron chi connectivity index (χ2n) is 6.14. The number of aromatic nitrogens is 2. The number of benzene rings is 2. The van der Waals surface area contributed by atoms with E-state index in [9.17, 15) is 4.79 Å². The topological polar surface area (TPSA) is 76.1 Å². The van der Waals surface area contributed by atoms with E-state index in [0.717, 1.165) is 34.7 Å². The molecule has 0 atom stereocenters. The molecule has 2 heterocycles. The van der Waals surface area contributed by atoms with Crippen LogP contribution in [-0.4, -0.2) is 15.9 Å². The number of rotatable bonds is 4. The Balaban J connectivity index is 1.55. The standard InChI is InChI=1S/C20H18N4O2/c1-13-12-21-20(24-19(13)26-16-5-3-2-4-6-16)22-15-8-9-17-14(11-15)7-10-18(25)23-17/h2-6,8-9,11-12H,7,10H2,1H3,(H,23,25)(H,21,22,24). The first-order valence-corrected chi connectivity index (χ1v) is 8.44. The highest BCUT2D eigenvalue weighted by Gasteiger charge is 2.15. The van der Waals surface area contributed by atoms with Crippen LogP contribution in [0.4, 0.5) is 17.3 Å². The molecule has 0 saturated heterocycles. The van der Waals surface area contributed by atoms with Crippen LogP contribution in [0.15, 0.2) is 54.7 Å². The fourth-order valence-electron chi connectivity index (χ4n) is 2.78. The van der Waals surface area contributed by atoms with Gasteiger partial charge in [-0.2, -0.15) is 4.98 Å². The Hall–Kier alpha value is -3.41. The summed E-state index contributed by atoms with van der Waals surface area (Å²) in [6.07, 6.45) is 2.96. The molecule has 130 valence electrons. The number of carbonyl (C=O) groups is 1. The van der Waals surface area contributed by atoms with E-state index < -0.39 is 0 Å². The summed E-state index contributed by atoms with van der Waals surface area (Å²) in [4.78, 5) is 20.3. The average Bonchev–Trinajstić information content (AvgIpc) is 2.65. The van der Waals surface area contributed by atoms with Gasteiger partial charge in [-0.1, -0.05) is 18.2 Å². The van der Waals surface area contributed by atoms with Gasteiger partial charge in [-0.05, 0) is 49.2 Å². The summed E-state index contributed by atoms with van der Waals surface area (Å²) < 4.78 is 5.85. The highest BCUT2D eigenvalue weighted by atomic mass is 16.5. The Morgan fingerprint density at radius 3 is 2.81 bits per heavy atom. The predicted octanol–water partition coefficient (Wildman–Crippen LogP) is 4.21. The Morgan fingerprint density at radius 2 is 1.96 bits per heavy atom. The van der Waals surface area contributed by atoms with Crippen molar-refractivity contribution in [3.8, 4) is 11.6 Å². The van der Waals surface area contributed by atoms with Crippen LogP contribution in [0, 0.1) is 6.92 Å². The van der Waals surface area contributed by atoms with Gasteiger partial charge in [0.1, 0.15) is 5.75 Å². The SMILES string of the molecule is Cc1cnc(Nc2ccc3c(c2)CCC(=O)N3)nc1Oc1ccccc1. The molecule has 0 fully saturated rings. The number of ether oxygens (including phenoxy) is 1. The van der Waals surface area contributed by atoms with E-state index in [-0.39, 0.29) is 5.91 Å². The molecule has 0 unspecified atom stereocenters. The van der Waals surface area contributed by atoms with Crippen molar-refractivity contribution in [2.45, 2.75) is 19.8 Å². The summed E-state index contributed by atoms with van der Waals surface area (Å²) >= 11 is 0. The number of aryl methyl sites for hydroxylation is 2. The molecule has 1 aliphatic heterocycles. The van der Waals surface area contributed by atoms with E-state index in [2.05, 4.69) is 20.6 Å². The highest BCUT2D eigenvalue weighted by molar-refractivity contribution is 5.94. The third kappa shape index (κ3) is 3.49. The number of carbonyl (C=O) groups excluding carboxylic acids is 1. The van der Waals surface area contributed by atoms with Crippen molar-refractivity contribution < 1.29 is 9.53 Å². The van der Waals surface area contributed by atoms with Crippen LogP contribution in [-0.2, 0) is 11.2 Å². The molecule has 0 saturated carbocycles. The Bertz CT molecular complexity index is 957. The third-order valence-electron chi connectivity index (χ3n) is 4.14. The molecule has 0 spiro atoms. The molecule has 1 aliphatic rings. The number of hydrogen-bond acceptors (Lipinski definition) is 5. The van der Waals surface area contributed by atoms with Crippen molar-refractivity contribution in [1.82, 2.24) is 9.97 Å². The number of anilines is 3. The molecule has 3 aromatic rings. The lowest BCUT2D eigenvalue weighted by molar-refractivity contribution is -0.116. The van der Waals surface area contributed by atoms with Gasteiger partial charge < -0.3 is 15.4 Å². The first-order chi connectivity index (χ1) is 12.7. The van der Waals surface area contributed by atoms with Crippen LogP contribution >= 0.6 is 0 Å². The third-order valence-corrected chi connectivity index (χ3v) is 4.14. The molecule has 6 heteroatoms. The van der Waals surface area contributed by atoms with Crippen LogP contribution < -0.4 is 15.4 Å². The molecule has 0 radical (unpaired) electrons. The Labute approximate surface area is 151 Å². The van der Waals surface area contributed by atoms with Gasteiger partial charge in [-0.25, -0.2) is 4.98 Å². The molecular formula is C20H18N4O2. The first kappa shape index (κ1) is 16.1. The molecule has 26 heavy (non-hydrogen) atoms. The van der Waals surface area contributed by atoms with E-state index in [0.29, 0.717) is 18.2 Å². The van der Waals surface area contributed by atoms with Crippen LogP contribution in [0.1, 0.15) is 17.5 Å². The minimum absolute atomic E-state index is 0.0581. The monoisotopic (exact) mass is 346 g/mol. The number of nitrogens with zero attached hydrogens (tertiary/aromatic N) is 2. The number of nitrogens with one attached hydrogen (secondary N) is 2. The van der Waals surface area contributed by atoms with Crippen molar-refractivity contribution in [1.29, 1.82) is 0 Å². The molecule has 4 rings (SSSR count). The molecule has 2 N–H and O–H groups in total. The lowest BCUT2D eigenvalue weighted by Crippen LogP contribution is -2.18. The fraction of sp³-hybridized carbons (Fsp3) is 0.150. The normalized spacial score (nSPS) is 12.9. The van der Waals surface area contributed by atoms with Crippen molar-refractivity contribution in [3.63, 3.8) is 0 Å². The Kier molecular flexibility index (Phi) is 4.23. The van der Waals surface area contributed by atoms with Gasteiger partial charge in [-0.15, -0.1) is 0 Å². The number of para-hydroxylation sites is 1. The van der Waals surface area contributed by atoms with E-state index in [1.165, 1.54) is 0 Å². The zero-order valence-electron chi connectivity index (χ0n) is 14.3. The smallest absolute Gasteiger partial charge is 0.230 e. The molecule has 2 aromatic carbocycles. The maximum Gasteiger partial charge on any atom is 0.230 e. The maximum atomic E-state index is 11.5. The minimum atomic E-state index is 0.0581. The van der Waals surface area contributed by atoms with Gasteiger partial charge in [0.05, 0.1) is 0 Å². The Morgan fingerprint density at radius 1 is 1.12 bits per heavy atom. The molecule has 1 amide bonds. The van der Waals surface area contributed by atoms with E-state index in [1.54, 1.807) is 6.20 Å². The van der Waals surface area contributed by atoms with Crippen LogP contribution in [0.5, 0.6) is 11.6 Å². The number of amides is 1.